The zero-order valence-corrected chi connectivity index (χ0v) is 40.4. The van der Waals surface area contributed by atoms with Crippen LogP contribution in [-0.4, -0.2) is 23.6 Å². The van der Waals surface area contributed by atoms with Gasteiger partial charge in [-0.1, -0.05) is 140 Å². The van der Waals surface area contributed by atoms with Crippen LogP contribution in [0.15, 0.2) is 121 Å². The van der Waals surface area contributed by atoms with Crippen molar-refractivity contribution in [2.24, 2.45) is 0 Å². The van der Waals surface area contributed by atoms with Gasteiger partial charge in [0.15, 0.2) is 0 Å². The summed E-state index contributed by atoms with van der Waals surface area (Å²) in [6.07, 6.45) is 0. The van der Waals surface area contributed by atoms with E-state index >= 15 is 0 Å². The van der Waals surface area contributed by atoms with Gasteiger partial charge in [0.1, 0.15) is 0 Å². The molecule has 14 rings (SSSR count). The Morgan fingerprint density at radius 1 is 0.286 bits per heavy atom. The van der Waals surface area contributed by atoms with Gasteiger partial charge >= 0.3 is 0 Å². The summed E-state index contributed by atoms with van der Waals surface area (Å²) >= 11 is 0. The largest absolute Gasteiger partial charge is 0.268 e. The van der Waals surface area contributed by atoms with Gasteiger partial charge in [-0.15, -0.1) is 0 Å². The number of hydrogen-bond donors (Lipinski definition) is 0. The van der Waals surface area contributed by atoms with Gasteiger partial charge in [0.05, 0.1) is 11.4 Å². The number of carbonyl (C=O) groups is 4. The number of amides is 4. The van der Waals surface area contributed by atoms with Gasteiger partial charge in [-0.25, -0.2) is 9.80 Å². The fourth-order valence-corrected chi connectivity index (χ4v) is 13.1. The minimum atomic E-state index is -0.289. The molecule has 4 amide bonds. The Kier molecular flexibility index (Phi) is 8.12. The lowest BCUT2D eigenvalue weighted by atomic mass is 9.79. The van der Waals surface area contributed by atoms with Crippen LogP contribution in [0, 0.1) is 0 Å². The normalized spacial score (nSPS) is 14.6. The SMILES string of the molecule is CC(C)c1cccc(C(C)C)c1N1C(=O)c2ccc3c4ccc5cc6c7ccc8c9c(ccc(c%10ccc%11cc(c%12ccc(c2c3%12)C1=O)c4c5c%11c%106)c97)C(=O)N(c1c(C(C)C)cccc1C(C)C)C8=O. The molecule has 0 spiro atoms. The molecule has 0 fully saturated rings. The predicted octanol–water partition coefficient (Wildman–Crippen LogP) is 16.5. The first-order valence-electron chi connectivity index (χ1n) is 24.8. The van der Waals surface area contributed by atoms with E-state index in [0.29, 0.717) is 33.6 Å². The minimum Gasteiger partial charge on any atom is -0.268 e. The predicted molar refractivity (Wildman–Crippen MR) is 289 cm³/mol. The molecule has 2 aliphatic rings. The van der Waals surface area contributed by atoms with Crippen molar-refractivity contribution in [1.82, 2.24) is 0 Å². The second-order valence-electron chi connectivity index (χ2n) is 21.2. The molecule has 12 aromatic rings. The Bertz CT molecular complexity index is 4020. The molecule has 0 N–H and O–H groups in total. The van der Waals surface area contributed by atoms with Crippen molar-refractivity contribution in [3.8, 4) is 0 Å². The zero-order chi connectivity index (χ0) is 48.1. The molecule has 0 aromatic heterocycles. The molecular weight excluding hydrogens is 861 g/mol. The van der Waals surface area contributed by atoms with Crippen molar-refractivity contribution in [1.29, 1.82) is 0 Å². The highest BCUT2D eigenvalue weighted by Gasteiger charge is 2.40. The summed E-state index contributed by atoms with van der Waals surface area (Å²) in [5.74, 6) is -0.729. The van der Waals surface area contributed by atoms with E-state index in [9.17, 15) is 19.2 Å². The van der Waals surface area contributed by atoms with Crippen molar-refractivity contribution in [2.45, 2.75) is 79.1 Å². The Labute approximate surface area is 404 Å². The molecule has 0 bridgehead atoms. The molecule has 2 heterocycles. The van der Waals surface area contributed by atoms with Gasteiger partial charge in [0, 0.05) is 33.0 Å². The smallest absolute Gasteiger partial charge is 0.266 e. The number of imide groups is 2. The Morgan fingerprint density at radius 2 is 0.543 bits per heavy atom. The molecular formula is C64H48N2O4. The van der Waals surface area contributed by atoms with Crippen LogP contribution in [0.2, 0.25) is 0 Å². The molecule has 2 aliphatic heterocycles. The number of benzene rings is 12. The van der Waals surface area contributed by atoms with Crippen molar-refractivity contribution < 1.29 is 19.2 Å². The van der Waals surface area contributed by atoms with Crippen LogP contribution in [0.25, 0.3) is 97.0 Å². The number of para-hydroxylation sites is 2. The maximum atomic E-state index is 14.9. The van der Waals surface area contributed by atoms with Gasteiger partial charge in [0.25, 0.3) is 23.6 Å². The number of rotatable bonds is 6. The van der Waals surface area contributed by atoms with E-state index in [2.05, 4.69) is 116 Å². The molecule has 0 unspecified atom stereocenters. The minimum absolute atomic E-state index is 0.107. The van der Waals surface area contributed by atoms with Crippen LogP contribution in [-0.2, 0) is 0 Å². The topological polar surface area (TPSA) is 74.8 Å². The van der Waals surface area contributed by atoms with Crippen LogP contribution in [0.1, 0.15) is 143 Å². The van der Waals surface area contributed by atoms with Crippen LogP contribution in [0.4, 0.5) is 11.4 Å². The van der Waals surface area contributed by atoms with E-state index in [-0.39, 0.29) is 47.3 Å². The average molecular weight is 909 g/mol. The lowest BCUT2D eigenvalue weighted by Gasteiger charge is -2.33. The summed E-state index contributed by atoms with van der Waals surface area (Å²) < 4.78 is 0. The third-order valence-electron chi connectivity index (χ3n) is 16.2. The van der Waals surface area contributed by atoms with E-state index in [4.69, 9.17) is 0 Å². The second-order valence-corrected chi connectivity index (χ2v) is 21.2. The van der Waals surface area contributed by atoms with E-state index in [1.165, 1.54) is 20.6 Å². The molecule has 6 nitrogen and oxygen atoms in total. The summed E-state index contributed by atoms with van der Waals surface area (Å²) in [5, 5.41) is 18.5. The molecule has 0 atom stereocenters. The number of fused-ring (bicyclic) bond motifs is 4. The van der Waals surface area contributed by atoms with E-state index in [1.807, 2.05) is 60.7 Å². The standard InChI is InChI=1S/C64H48N2O4/c1-29(2)35-11-9-12-36(30(3)4)59(35)65-61(67)45-23-19-41-39-17-15-34-28-50-44-22-26-48-58-46(62(68)66(64(48)70)60-37(31(5)6)13-10-14-38(60)32(7)8)24-20-42(54(44)58)40-18-16-33-27-49(55(39)51(34)52(33)56(40)50)43-21-25-47(63(65)69)57(45)53(41)43/h9-32H,1-8H3. The van der Waals surface area contributed by atoms with Crippen molar-refractivity contribution in [3.63, 3.8) is 0 Å². The molecule has 0 aliphatic carbocycles. The number of carbonyl (C=O) groups excluding carboxylic acids is 4. The highest BCUT2D eigenvalue weighted by Crippen LogP contribution is 2.53. The fourth-order valence-electron chi connectivity index (χ4n) is 13.1. The molecule has 338 valence electrons. The lowest BCUT2D eigenvalue weighted by molar-refractivity contribution is 0.0877. The average Bonchev–Trinajstić information content (AvgIpc) is 3.35. The Balaban J connectivity index is 1.00. The summed E-state index contributed by atoms with van der Waals surface area (Å²) in [4.78, 5) is 62.7. The number of hydrogen-bond acceptors (Lipinski definition) is 4. The molecule has 0 saturated carbocycles. The van der Waals surface area contributed by atoms with E-state index < -0.39 is 0 Å². The third-order valence-corrected chi connectivity index (χ3v) is 16.2. The maximum Gasteiger partial charge on any atom is 0.266 e. The van der Waals surface area contributed by atoms with Gasteiger partial charge in [0.2, 0.25) is 0 Å². The Morgan fingerprint density at radius 3 is 0.829 bits per heavy atom. The maximum absolute atomic E-state index is 14.9. The Hall–Kier alpha value is -7.96. The summed E-state index contributed by atoms with van der Waals surface area (Å²) in [7, 11) is 0. The summed E-state index contributed by atoms with van der Waals surface area (Å²) in [5.41, 5.74) is 7.51. The van der Waals surface area contributed by atoms with Crippen LogP contribution < -0.4 is 9.80 Å². The van der Waals surface area contributed by atoms with E-state index in [0.717, 1.165) is 108 Å². The second kappa shape index (κ2) is 13.9. The first-order valence-corrected chi connectivity index (χ1v) is 24.8. The van der Waals surface area contributed by atoms with Gasteiger partial charge < -0.3 is 0 Å². The number of anilines is 2. The highest BCUT2D eigenvalue weighted by molar-refractivity contribution is 6.49. The first kappa shape index (κ1) is 41.1. The van der Waals surface area contributed by atoms with Crippen LogP contribution in [0.5, 0.6) is 0 Å². The molecule has 12 aromatic carbocycles. The van der Waals surface area contributed by atoms with Gasteiger partial charge in [-0.3, -0.25) is 19.2 Å². The summed E-state index contributed by atoms with van der Waals surface area (Å²) in [6.45, 7) is 16.9. The van der Waals surface area contributed by atoms with Crippen molar-refractivity contribution >= 4 is 132 Å². The molecule has 70 heavy (non-hydrogen) atoms. The number of nitrogens with zero attached hydrogens (tertiary/aromatic N) is 2. The van der Waals surface area contributed by atoms with Crippen molar-refractivity contribution in [2.75, 3.05) is 9.80 Å². The zero-order valence-electron chi connectivity index (χ0n) is 40.4. The fraction of sp³-hybridized carbons (Fsp3) is 0.188. The monoisotopic (exact) mass is 908 g/mol. The quantitative estimate of drug-likeness (QED) is 0.0946. The summed E-state index contributed by atoms with van der Waals surface area (Å²) in [6, 6.07) is 41.8. The van der Waals surface area contributed by atoms with Crippen LogP contribution in [0.3, 0.4) is 0 Å². The third kappa shape index (κ3) is 4.93. The molecule has 0 radical (unpaired) electrons. The van der Waals surface area contributed by atoms with Gasteiger partial charge in [-0.2, -0.15) is 0 Å². The van der Waals surface area contributed by atoms with Crippen LogP contribution >= 0.6 is 0 Å². The first-order chi connectivity index (χ1) is 33.8. The van der Waals surface area contributed by atoms with E-state index in [1.54, 1.807) is 0 Å². The van der Waals surface area contributed by atoms with Crippen molar-refractivity contribution in [3.05, 3.63) is 166 Å². The highest BCUT2D eigenvalue weighted by atomic mass is 16.2. The molecule has 0 saturated heterocycles. The van der Waals surface area contributed by atoms with Gasteiger partial charge in [-0.05, 0) is 169 Å². The molecule has 6 heteroatoms. The lowest BCUT2D eigenvalue weighted by Crippen LogP contribution is -2.41.